The Kier molecular flexibility index (Phi) is 23.4. The molecular formula is C67H84N4O13. The highest BCUT2D eigenvalue weighted by molar-refractivity contribution is 6.03. The topological polar surface area (TPSA) is 210 Å². The number of nitro groups is 1. The van der Waals surface area contributed by atoms with Crippen molar-refractivity contribution in [2.75, 3.05) is 46.0 Å². The molecule has 2 aliphatic carbocycles. The molecule has 84 heavy (non-hydrogen) atoms. The fourth-order valence-electron chi connectivity index (χ4n) is 12.5. The molecule has 0 radical (unpaired) electrons. The van der Waals surface area contributed by atoms with Crippen LogP contribution in [-0.4, -0.2) is 90.4 Å². The van der Waals surface area contributed by atoms with Gasteiger partial charge in [-0.3, -0.25) is 20.3 Å². The summed E-state index contributed by atoms with van der Waals surface area (Å²) in [5, 5.41) is 41.7. The van der Waals surface area contributed by atoms with Crippen LogP contribution in [0.3, 0.4) is 0 Å². The van der Waals surface area contributed by atoms with E-state index in [1.54, 1.807) is 60.6 Å². The lowest BCUT2D eigenvalue weighted by Gasteiger charge is -2.59. The van der Waals surface area contributed by atoms with E-state index in [4.69, 9.17) is 38.4 Å². The second kappa shape index (κ2) is 31.4. The van der Waals surface area contributed by atoms with Gasteiger partial charge in [-0.05, 0) is 114 Å². The number of nitro benzene ring substituents is 1. The number of amides is 2. The number of anilines is 1. The number of carbonyl (C=O) groups excluding carboxylic acids is 2. The maximum atomic E-state index is 15.5. The Morgan fingerprint density at radius 1 is 0.833 bits per heavy atom. The Bertz CT molecular complexity index is 3030. The first kappa shape index (κ1) is 62.6. The van der Waals surface area contributed by atoms with Gasteiger partial charge >= 0.3 is 12.2 Å². The van der Waals surface area contributed by atoms with E-state index in [2.05, 4.69) is 31.0 Å². The van der Waals surface area contributed by atoms with Crippen LogP contribution in [0.4, 0.5) is 21.0 Å². The highest BCUT2D eigenvalue weighted by atomic mass is 16.7. The number of methoxy groups -OCH3 is 2. The van der Waals surface area contributed by atoms with Gasteiger partial charge in [0.2, 0.25) is 5.79 Å². The standard InChI is InChI=1S/C67H84N4O13/c1-5-7-8-9-10-11-12-13-14-21-40-80-66(75)70(45-50-26-22-25-48-23-15-16-27-54(48)50)62-44-59(69-82-46-47-29-31-51(32-30-47)71(76)77)56-41-49(24-17-19-37-72)55(28-18-20-38-73)63-57-42-53(34-36-60(57)84-67(62,64(56)63)81-39-6-2)83-65(74)68-58-35-33-52(78-3)43-61(58)79-4/h6,15-16,22-23,25-27,29-36,41-43,49,55,62-64,72-73H,2,5,7-14,17-21,24,28,37-40,44-46H2,1,3-4H3,(H,68,74). The van der Waals surface area contributed by atoms with Gasteiger partial charge in [0.1, 0.15) is 35.6 Å². The Morgan fingerprint density at radius 3 is 2.26 bits per heavy atom. The molecule has 1 heterocycles. The van der Waals surface area contributed by atoms with Crippen LogP contribution in [0.5, 0.6) is 23.0 Å². The molecule has 6 unspecified atom stereocenters. The molecule has 0 aromatic heterocycles. The van der Waals surface area contributed by atoms with E-state index in [1.165, 1.54) is 57.8 Å². The number of non-ortho nitro benzene ring substituents is 1. The van der Waals surface area contributed by atoms with Crippen LogP contribution in [0.15, 0.2) is 133 Å². The van der Waals surface area contributed by atoms with Crippen LogP contribution in [0.1, 0.15) is 139 Å². The van der Waals surface area contributed by atoms with Crippen molar-refractivity contribution in [2.45, 2.75) is 147 Å². The summed E-state index contributed by atoms with van der Waals surface area (Å²) in [5.41, 5.74) is 3.95. The summed E-state index contributed by atoms with van der Waals surface area (Å²) >= 11 is 0. The highest BCUT2D eigenvalue weighted by Gasteiger charge is 2.66. The van der Waals surface area contributed by atoms with Crippen molar-refractivity contribution >= 4 is 40.0 Å². The number of unbranched alkanes of at least 4 members (excludes halogenated alkanes) is 11. The maximum Gasteiger partial charge on any atom is 0.417 e. The molecule has 0 bridgehead atoms. The van der Waals surface area contributed by atoms with Gasteiger partial charge in [0, 0.05) is 49.3 Å². The summed E-state index contributed by atoms with van der Waals surface area (Å²) in [6.45, 7) is 6.70. The lowest BCUT2D eigenvalue weighted by Crippen LogP contribution is -2.70. The van der Waals surface area contributed by atoms with E-state index in [1.807, 2.05) is 42.5 Å². The summed E-state index contributed by atoms with van der Waals surface area (Å²) in [4.78, 5) is 48.6. The monoisotopic (exact) mass is 1150 g/mol. The Morgan fingerprint density at radius 2 is 1.55 bits per heavy atom. The van der Waals surface area contributed by atoms with E-state index >= 15 is 4.79 Å². The van der Waals surface area contributed by atoms with E-state index in [0.717, 1.165) is 46.7 Å². The summed E-state index contributed by atoms with van der Waals surface area (Å²) in [5.74, 6) is -1.39. The van der Waals surface area contributed by atoms with Crippen LogP contribution in [-0.2, 0) is 27.5 Å². The van der Waals surface area contributed by atoms with Gasteiger partial charge in [0.25, 0.3) is 5.69 Å². The van der Waals surface area contributed by atoms with Crippen molar-refractivity contribution in [1.29, 1.82) is 0 Å². The second-order valence-corrected chi connectivity index (χ2v) is 22.1. The quantitative estimate of drug-likeness (QED) is 0.0155. The molecule has 8 rings (SSSR count). The molecular weight excluding hydrogens is 1070 g/mol. The first-order valence-electron chi connectivity index (χ1n) is 30.1. The van der Waals surface area contributed by atoms with Crippen LogP contribution < -0.4 is 24.3 Å². The van der Waals surface area contributed by atoms with Crippen molar-refractivity contribution < 1.29 is 58.0 Å². The zero-order chi connectivity index (χ0) is 59.3. The Labute approximate surface area is 494 Å². The lowest BCUT2D eigenvalue weighted by molar-refractivity contribution is -0.384. The minimum atomic E-state index is -1.63. The number of hydrogen-bond donors (Lipinski definition) is 3. The third-order valence-electron chi connectivity index (χ3n) is 16.6. The number of carbonyl (C=O) groups is 2. The van der Waals surface area contributed by atoms with Crippen LogP contribution in [0.25, 0.3) is 10.8 Å². The molecule has 450 valence electrons. The second-order valence-electron chi connectivity index (χ2n) is 22.1. The maximum absolute atomic E-state index is 15.5. The third-order valence-corrected chi connectivity index (χ3v) is 16.6. The number of rotatable bonds is 33. The van der Waals surface area contributed by atoms with Gasteiger partial charge in [0.05, 0.1) is 56.2 Å². The molecule has 0 saturated heterocycles. The van der Waals surface area contributed by atoms with Gasteiger partial charge in [-0.1, -0.05) is 137 Å². The molecule has 3 aliphatic rings. The number of allylic oxidation sites excluding steroid dienone is 1. The molecule has 2 amide bonds. The van der Waals surface area contributed by atoms with Gasteiger partial charge in [-0.25, -0.2) is 9.59 Å². The predicted octanol–water partition coefficient (Wildman–Crippen LogP) is 14.8. The molecule has 5 aromatic rings. The summed E-state index contributed by atoms with van der Waals surface area (Å²) in [6.07, 6.45) is 17.9. The number of fused-ring (bicyclic) bond motifs is 3. The number of aliphatic hydroxyl groups excluding tert-OH is 2. The minimum absolute atomic E-state index is 0.00455. The van der Waals surface area contributed by atoms with Crippen LogP contribution in [0, 0.1) is 27.9 Å². The van der Waals surface area contributed by atoms with Gasteiger partial charge in [-0.15, -0.1) is 6.58 Å². The number of nitrogens with one attached hydrogen (secondary N) is 1. The molecule has 6 atom stereocenters. The molecule has 5 aromatic carbocycles. The summed E-state index contributed by atoms with van der Waals surface area (Å²) in [6, 6.07) is 29.7. The van der Waals surface area contributed by atoms with Gasteiger partial charge in [-0.2, -0.15) is 0 Å². The molecule has 1 fully saturated rings. The molecule has 17 nitrogen and oxygen atoms in total. The SMILES string of the molecule is C=CCOC12Oc3ccc(OC(=O)Nc4ccc(OC)cc4OC)cc3C3C(CCCCO)C(CCCCO)C=C(C(=NOCc4ccc([N+](=O)[O-])cc4)CC1N(Cc1cccc4ccccc14)C(=O)OCCCCCCCCCCCC)C32. The average Bonchev–Trinajstić information content (AvgIpc) is 0.927. The first-order chi connectivity index (χ1) is 41.1. The number of benzene rings is 5. The zero-order valence-corrected chi connectivity index (χ0v) is 49.1. The third kappa shape index (κ3) is 15.6. The minimum Gasteiger partial charge on any atom is -0.497 e. The van der Waals surface area contributed by atoms with Crippen molar-refractivity contribution in [2.24, 2.45) is 22.9 Å². The van der Waals surface area contributed by atoms with E-state index in [0.29, 0.717) is 79.2 Å². The number of oxime groups is 1. The number of ether oxygens (including phenoxy) is 6. The number of nitrogens with zero attached hydrogens (tertiary/aromatic N) is 3. The fraction of sp³-hybridized carbons (Fsp3) is 0.478. The van der Waals surface area contributed by atoms with Crippen LogP contribution >= 0.6 is 0 Å². The van der Waals surface area contributed by atoms with Crippen LogP contribution in [0.2, 0.25) is 0 Å². The molecule has 0 spiro atoms. The zero-order valence-electron chi connectivity index (χ0n) is 49.1. The smallest absolute Gasteiger partial charge is 0.417 e. The molecule has 17 heteroatoms. The predicted molar refractivity (Wildman–Crippen MR) is 325 cm³/mol. The largest absolute Gasteiger partial charge is 0.497 e. The summed E-state index contributed by atoms with van der Waals surface area (Å²) < 4.78 is 38.3. The van der Waals surface area contributed by atoms with Gasteiger partial charge in [0.15, 0.2) is 0 Å². The molecule has 1 aliphatic heterocycles. The van der Waals surface area contributed by atoms with E-state index in [9.17, 15) is 25.1 Å². The average molecular weight is 1150 g/mol. The van der Waals surface area contributed by atoms with Crippen molar-refractivity contribution in [1.82, 2.24) is 4.90 Å². The van der Waals surface area contributed by atoms with E-state index < -0.39 is 40.8 Å². The van der Waals surface area contributed by atoms with Crippen molar-refractivity contribution in [3.05, 3.63) is 154 Å². The Balaban J connectivity index is 1.26. The van der Waals surface area contributed by atoms with E-state index in [-0.39, 0.29) is 69.3 Å². The lowest BCUT2D eigenvalue weighted by atomic mass is 9.55. The first-order valence-corrected chi connectivity index (χ1v) is 30.1. The molecule has 1 saturated carbocycles. The normalized spacial score (nSPS) is 19.9. The van der Waals surface area contributed by atoms with Gasteiger partial charge < -0.3 is 43.5 Å². The summed E-state index contributed by atoms with van der Waals surface area (Å²) in [7, 11) is 3.04. The number of hydrogen-bond acceptors (Lipinski definition) is 14. The highest BCUT2D eigenvalue weighted by Crippen LogP contribution is 2.62. The Hall–Kier alpha value is -7.47. The number of aliphatic hydroxyl groups is 2. The van der Waals surface area contributed by atoms with Crippen molar-refractivity contribution in [3.8, 4) is 23.0 Å². The fourth-order valence-corrected chi connectivity index (χ4v) is 12.5. The molecule has 3 N–H and O–H groups in total. The van der Waals surface area contributed by atoms with Crippen molar-refractivity contribution in [3.63, 3.8) is 0 Å².